The summed E-state index contributed by atoms with van der Waals surface area (Å²) in [5.41, 5.74) is 1.12. The molecule has 0 aliphatic carbocycles. The van der Waals surface area contributed by atoms with Crippen molar-refractivity contribution in [2.24, 2.45) is 4.99 Å². The number of hydrogen-bond donors (Lipinski definition) is 2. The van der Waals surface area contributed by atoms with E-state index in [9.17, 15) is 0 Å². The number of fused-ring (bicyclic) bond motifs is 1. The summed E-state index contributed by atoms with van der Waals surface area (Å²) in [4.78, 5) is 4.53. The van der Waals surface area contributed by atoms with Gasteiger partial charge in [-0.05, 0) is 37.3 Å². The Balaban J connectivity index is 1.89. The van der Waals surface area contributed by atoms with Gasteiger partial charge in [-0.25, -0.2) is 0 Å². The molecule has 0 aromatic heterocycles. The number of thioether (sulfide) groups is 1. The molecule has 0 fully saturated rings. The first-order valence-electron chi connectivity index (χ1n) is 7.83. The molecular formula is C16H24ClN3O2S. The van der Waals surface area contributed by atoms with Gasteiger partial charge in [-0.15, -0.1) is 0 Å². The Morgan fingerprint density at radius 2 is 2.13 bits per heavy atom. The standard InChI is InChI=1S/C16H24ClN3O2S/c1-3-18-16(20-6-9-23-2)19-5-4-12-10-13(17)15-14(11-12)21-7-8-22-15/h10-11H,3-9H2,1-2H3,(H2,18,19,20). The Morgan fingerprint density at radius 3 is 2.91 bits per heavy atom. The van der Waals surface area contributed by atoms with E-state index < -0.39 is 0 Å². The Morgan fingerprint density at radius 1 is 1.30 bits per heavy atom. The van der Waals surface area contributed by atoms with E-state index in [0.29, 0.717) is 24.0 Å². The highest BCUT2D eigenvalue weighted by Gasteiger charge is 2.16. The predicted molar refractivity (Wildman–Crippen MR) is 98.5 cm³/mol. The molecule has 1 aromatic carbocycles. The van der Waals surface area contributed by atoms with E-state index in [0.717, 1.165) is 49.1 Å². The van der Waals surface area contributed by atoms with E-state index in [1.165, 1.54) is 0 Å². The molecule has 0 spiro atoms. The van der Waals surface area contributed by atoms with Crippen LogP contribution in [0.2, 0.25) is 5.02 Å². The van der Waals surface area contributed by atoms with E-state index in [1.54, 1.807) is 11.8 Å². The number of halogens is 1. The molecule has 1 aliphatic rings. The second-order valence-electron chi connectivity index (χ2n) is 5.03. The van der Waals surface area contributed by atoms with Gasteiger partial charge in [0.15, 0.2) is 17.5 Å². The molecule has 0 saturated heterocycles. The number of guanidine groups is 1. The lowest BCUT2D eigenvalue weighted by Gasteiger charge is -2.20. The van der Waals surface area contributed by atoms with Crippen LogP contribution in [0.1, 0.15) is 12.5 Å². The summed E-state index contributed by atoms with van der Waals surface area (Å²) in [6, 6.07) is 3.94. The lowest BCUT2D eigenvalue weighted by molar-refractivity contribution is 0.171. The number of aliphatic imine (C=N–C) groups is 1. The highest BCUT2D eigenvalue weighted by Crippen LogP contribution is 2.38. The lowest BCUT2D eigenvalue weighted by atomic mass is 10.1. The van der Waals surface area contributed by atoms with Crippen molar-refractivity contribution in [2.45, 2.75) is 13.3 Å². The zero-order valence-electron chi connectivity index (χ0n) is 13.7. The van der Waals surface area contributed by atoms with Crippen LogP contribution in [-0.4, -0.2) is 50.8 Å². The predicted octanol–water partition coefficient (Wildman–Crippen LogP) is 2.57. The van der Waals surface area contributed by atoms with Crippen LogP contribution in [0.5, 0.6) is 11.5 Å². The highest BCUT2D eigenvalue weighted by atomic mass is 35.5. The van der Waals surface area contributed by atoms with Gasteiger partial charge in [0.1, 0.15) is 13.2 Å². The van der Waals surface area contributed by atoms with Gasteiger partial charge in [-0.1, -0.05) is 11.6 Å². The van der Waals surface area contributed by atoms with Crippen molar-refractivity contribution in [2.75, 3.05) is 44.9 Å². The highest BCUT2D eigenvalue weighted by molar-refractivity contribution is 7.98. The van der Waals surface area contributed by atoms with Crippen molar-refractivity contribution in [3.8, 4) is 11.5 Å². The molecule has 0 bridgehead atoms. The maximum Gasteiger partial charge on any atom is 0.191 e. The monoisotopic (exact) mass is 357 g/mol. The Labute approximate surface area is 147 Å². The Kier molecular flexibility index (Phi) is 7.68. The maximum atomic E-state index is 6.26. The molecule has 2 N–H and O–H groups in total. The third-order valence-corrected chi connectivity index (χ3v) is 4.14. The van der Waals surface area contributed by atoms with Crippen molar-refractivity contribution < 1.29 is 9.47 Å². The minimum atomic E-state index is 0.548. The van der Waals surface area contributed by atoms with Crippen LogP contribution in [0.25, 0.3) is 0 Å². The first-order chi connectivity index (χ1) is 11.2. The van der Waals surface area contributed by atoms with Gasteiger partial charge >= 0.3 is 0 Å². The lowest BCUT2D eigenvalue weighted by Crippen LogP contribution is -2.38. The van der Waals surface area contributed by atoms with E-state index in [2.05, 4.69) is 28.8 Å². The topological polar surface area (TPSA) is 54.9 Å². The van der Waals surface area contributed by atoms with Crippen LogP contribution >= 0.6 is 23.4 Å². The molecule has 128 valence electrons. The van der Waals surface area contributed by atoms with Crippen LogP contribution in [0, 0.1) is 0 Å². The third kappa shape index (κ3) is 5.70. The Bertz CT molecular complexity index is 540. The molecular weight excluding hydrogens is 334 g/mol. The van der Waals surface area contributed by atoms with Gasteiger partial charge in [-0.3, -0.25) is 4.99 Å². The zero-order chi connectivity index (χ0) is 16.5. The summed E-state index contributed by atoms with van der Waals surface area (Å²) in [6.45, 7) is 5.62. The molecule has 2 rings (SSSR count). The first-order valence-corrected chi connectivity index (χ1v) is 9.61. The van der Waals surface area contributed by atoms with Crippen LogP contribution < -0.4 is 20.1 Å². The van der Waals surface area contributed by atoms with Gasteiger partial charge in [0.25, 0.3) is 0 Å². The number of benzene rings is 1. The smallest absolute Gasteiger partial charge is 0.191 e. The number of ether oxygens (including phenoxy) is 2. The summed E-state index contributed by atoms with van der Waals surface area (Å²) in [5, 5.41) is 7.20. The summed E-state index contributed by atoms with van der Waals surface area (Å²) < 4.78 is 11.1. The molecule has 0 saturated carbocycles. The fourth-order valence-electron chi connectivity index (χ4n) is 2.22. The van der Waals surface area contributed by atoms with Gasteiger partial charge in [0.05, 0.1) is 11.6 Å². The fourth-order valence-corrected chi connectivity index (χ4v) is 2.79. The van der Waals surface area contributed by atoms with Crippen molar-refractivity contribution in [1.82, 2.24) is 10.6 Å². The number of nitrogens with zero attached hydrogens (tertiary/aromatic N) is 1. The second-order valence-corrected chi connectivity index (χ2v) is 6.42. The van der Waals surface area contributed by atoms with Crippen molar-refractivity contribution >= 4 is 29.3 Å². The minimum Gasteiger partial charge on any atom is -0.486 e. The number of hydrogen-bond acceptors (Lipinski definition) is 4. The molecule has 0 radical (unpaired) electrons. The normalized spacial score (nSPS) is 13.8. The summed E-state index contributed by atoms with van der Waals surface area (Å²) >= 11 is 8.05. The van der Waals surface area contributed by atoms with Gasteiger partial charge in [0.2, 0.25) is 0 Å². The van der Waals surface area contributed by atoms with Gasteiger partial charge < -0.3 is 20.1 Å². The largest absolute Gasteiger partial charge is 0.486 e. The maximum absolute atomic E-state index is 6.26. The van der Waals surface area contributed by atoms with Crippen LogP contribution in [0.15, 0.2) is 17.1 Å². The van der Waals surface area contributed by atoms with Crippen molar-refractivity contribution in [1.29, 1.82) is 0 Å². The summed E-state index contributed by atoms with van der Waals surface area (Å²) in [6.07, 6.45) is 2.92. The minimum absolute atomic E-state index is 0.548. The summed E-state index contributed by atoms with van der Waals surface area (Å²) in [7, 11) is 0. The molecule has 7 heteroatoms. The second kappa shape index (κ2) is 9.78. The van der Waals surface area contributed by atoms with E-state index in [1.807, 2.05) is 12.1 Å². The molecule has 0 unspecified atom stereocenters. The molecule has 1 aromatic rings. The average Bonchev–Trinajstić information content (AvgIpc) is 2.55. The quantitative estimate of drug-likeness (QED) is 0.446. The van der Waals surface area contributed by atoms with E-state index in [-0.39, 0.29) is 0 Å². The van der Waals surface area contributed by atoms with Gasteiger partial charge in [0, 0.05) is 18.8 Å². The first kappa shape index (κ1) is 18.1. The molecule has 1 aliphatic heterocycles. The average molecular weight is 358 g/mol. The number of nitrogens with one attached hydrogen (secondary N) is 2. The van der Waals surface area contributed by atoms with E-state index in [4.69, 9.17) is 21.1 Å². The summed E-state index contributed by atoms with van der Waals surface area (Å²) in [5.74, 6) is 3.26. The van der Waals surface area contributed by atoms with Crippen LogP contribution in [0.3, 0.4) is 0 Å². The van der Waals surface area contributed by atoms with Gasteiger partial charge in [-0.2, -0.15) is 11.8 Å². The van der Waals surface area contributed by atoms with Crippen LogP contribution in [-0.2, 0) is 6.42 Å². The van der Waals surface area contributed by atoms with E-state index >= 15 is 0 Å². The fraction of sp³-hybridized carbons (Fsp3) is 0.562. The van der Waals surface area contributed by atoms with Crippen LogP contribution in [0.4, 0.5) is 0 Å². The molecule has 5 nitrogen and oxygen atoms in total. The number of rotatable bonds is 7. The van der Waals surface area contributed by atoms with Crippen molar-refractivity contribution in [3.63, 3.8) is 0 Å². The Hall–Kier alpha value is -1.27. The molecule has 1 heterocycles. The SMILES string of the molecule is CCNC(=NCCSC)NCCc1cc(Cl)c2c(c1)OCCO2. The van der Waals surface area contributed by atoms with Crippen molar-refractivity contribution in [3.05, 3.63) is 22.7 Å². The molecule has 23 heavy (non-hydrogen) atoms. The molecule has 0 amide bonds. The zero-order valence-corrected chi connectivity index (χ0v) is 15.2. The molecule has 0 atom stereocenters. The third-order valence-electron chi connectivity index (χ3n) is 3.27.